The SMILES string of the molecule is CCCCCCCCCCCCCCCCCCOC(CC(=O)O)C(OCCCCCCCCCCCCCCCCCC)c1ccccc1. The lowest BCUT2D eigenvalue weighted by atomic mass is 10.0. The monoisotopic (exact) mass is 701 g/mol. The molecule has 1 aromatic rings. The number of aliphatic carboxylic acids is 1. The molecule has 292 valence electrons. The Bertz CT molecular complexity index is 812. The zero-order valence-corrected chi connectivity index (χ0v) is 33.5. The van der Waals surface area contributed by atoms with Gasteiger partial charge in [-0.05, 0) is 18.4 Å². The molecule has 50 heavy (non-hydrogen) atoms. The topological polar surface area (TPSA) is 55.8 Å². The van der Waals surface area contributed by atoms with Gasteiger partial charge in [0.1, 0.15) is 6.10 Å². The first kappa shape index (κ1) is 46.6. The van der Waals surface area contributed by atoms with E-state index in [2.05, 4.69) is 13.8 Å². The highest BCUT2D eigenvalue weighted by Gasteiger charge is 2.27. The zero-order chi connectivity index (χ0) is 36.0. The molecular formula is C46H84O4. The predicted octanol–water partition coefficient (Wildman–Crippen LogP) is 15.1. The van der Waals surface area contributed by atoms with Crippen LogP contribution >= 0.6 is 0 Å². The standard InChI is InChI=1S/C46H84O4/c1-3-5-7-9-11-13-15-17-19-21-23-25-27-29-31-36-40-49-44(42-45(47)48)46(43-38-34-33-35-39-43)50-41-37-32-30-28-26-24-22-20-18-16-14-12-10-8-6-4-2/h33-35,38-39,44,46H,3-32,36-37,40-42H2,1-2H3,(H,47,48). The van der Waals surface area contributed by atoms with Crippen LogP contribution in [0.5, 0.6) is 0 Å². The molecule has 0 saturated heterocycles. The number of ether oxygens (including phenoxy) is 2. The van der Waals surface area contributed by atoms with Gasteiger partial charge in [0.25, 0.3) is 0 Å². The first-order valence-electron chi connectivity index (χ1n) is 22.2. The molecule has 0 aliphatic heterocycles. The minimum atomic E-state index is -0.825. The van der Waals surface area contributed by atoms with Crippen molar-refractivity contribution >= 4 is 5.97 Å². The Kier molecular flexibility index (Phi) is 34.9. The molecule has 0 radical (unpaired) electrons. The van der Waals surface area contributed by atoms with E-state index in [1.807, 2.05) is 30.3 Å². The van der Waals surface area contributed by atoms with E-state index in [0.717, 1.165) is 24.8 Å². The van der Waals surface area contributed by atoms with Gasteiger partial charge in [-0.25, -0.2) is 0 Å². The molecule has 0 fully saturated rings. The average molecular weight is 701 g/mol. The summed E-state index contributed by atoms with van der Waals surface area (Å²) in [6.45, 7) is 5.82. The van der Waals surface area contributed by atoms with Crippen LogP contribution in [0.1, 0.15) is 237 Å². The lowest BCUT2D eigenvalue weighted by Crippen LogP contribution is -2.28. The second-order valence-corrected chi connectivity index (χ2v) is 15.3. The number of hydrogen-bond donors (Lipinski definition) is 1. The highest BCUT2D eigenvalue weighted by molar-refractivity contribution is 5.67. The van der Waals surface area contributed by atoms with Crippen LogP contribution in [0.4, 0.5) is 0 Å². The van der Waals surface area contributed by atoms with E-state index in [0.29, 0.717) is 13.2 Å². The third kappa shape index (κ3) is 30.3. The van der Waals surface area contributed by atoms with Crippen molar-refractivity contribution in [3.63, 3.8) is 0 Å². The van der Waals surface area contributed by atoms with Gasteiger partial charge in [-0.1, -0.05) is 237 Å². The molecule has 0 aliphatic carbocycles. The summed E-state index contributed by atoms with van der Waals surface area (Å²) in [6, 6.07) is 10.1. The molecule has 4 heteroatoms. The van der Waals surface area contributed by atoms with E-state index in [-0.39, 0.29) is 12.5 Å². The number of benzene rings is 1. The molecule has 2 unspecified atom stereocenters. The number of hydrogen-bond acceptors (Lipinski definition) is 3. The number of carboxylic acids is 1. The quantitative estimate of drug-likeness (QED) is 0.0692. The average Bonchev–Trinajstić information content (AvgIpc) is 3.12. The summed E-state index contributed by atoms with van der Waals surface area (Å²) in [5, 5.41) is 9.71. The number of rotatable bonds is 40. The first-order chi connectivity index (χ1) is 24.7. The minimum absolute atomic E-state index is 0.0304. The molecule has 4 nitrogen and oxygen atoms in total. The smallest absolute Gasteiger partial charge is 0.306 e. The van der Waals surface area contributed by atoms with Crippen LogP contribution in [0.3, 0.4) is 0 Å². The van der Waals surface area contributed by atoms with Gasteiger partial charge in [-0.3, -0.25) is 4.79 Å². The highest BCUT2D eigenvalue weighted by Crippen LogP contribution is 2.27. The molecule has 1 aromatic carbocycles. The molecule has 0 amide bonds. The van der Waals surface area contributed by atoms with Crippen LogP contribution in [0.2, 0.25) is 0 Å². The van der Waals surface area contributed by atoms with Crippen molar-refractivity contribution in [2.45, 2.75) is 238 Å². The number of carboxylic acid groups (broad SMARTS) is 1. The Morgan fingerprint density at radius 2 is 0.760 bits per heavy atom. The molecule has 0 heterocycles. The van der Waals surface area contributed by atoms with Crippen LogP contribution < -0.4 is 0 Å². The molecule has 0 spiro atoms. The van der Waals surface area contributed by atoms with Crippen LogP contribution in [0.15, 0.2) is 30.3 Å². The summed E-state index contributed by atoms with van der Waals surface area (Å²) in [4.78, 5) is 11.8. The second kappa shape index (κ2) is 37.4. The Morgan fingerprint density at radius 1 is 0.460 bits per heavy atom. The van der Waals surface area contributed by atoms with Crippen LogP contribution in [-0.2, 0) is 14.3 Å². The van der Waals surface area contributed by atoms with Gasteiger partial charge in [0.2, 0.25) is 0 Å². The van der Waals surface area contributed by atoms with Gasteiger partial charge in [0.15, 0.2) is 0 Å². The molecule has 1 rings (SSSR count). The molecule has 0 aromatic heterocycles. The van der Waals surface area contributed by atoms with E-state index in [1.54, 1.807) is 0 Å². The molecule has 0 bridgehead atoms. The fourth-order valence-corrected chi connectivity index (χ4v) is 7.23. The van der Waals surface area contributed by atoms with E-state index in [4.69, 9.17) is 9.47 Å². The van der Waals surface area contributed by atoms with Gasteiger partial charge in [-0.15, -0.1) is 0 Å². The fourth-order valence-electron chi connectivity index (χ4n) is 7.23. The summed E-state index contributed by atoms with van der Waals surface area (Å²) < 4.78 is 12.7. The Hall–Kier alpha value is -1.39. The Balaban J connectivity index is 2.17. The van der Waals surface area contributed by atoms with Crippen molar-refractivity contribution in [1.82, 2.24) is 0 Å². The number of unbranched alkanes of at least 4 members (excludes halogenated alkanes) is 30. The third-order valence-electron chi connectivity index (χ3n) is 10.5. The number of carbonyl (C=O) groups is 1. The zero-order valence-electron chi connectivity index (χ0n) is 33.5. The van der Waals surface area contributed by atoms with Gasteiger partial charge in [0.05, 0.1) is 12.5 Å². The predicted molar refractivity (Wildman–Crippen MR) is 216 cm³/mol. The van der Waals surface area contributed by atoms with E-state index >= 15 is 0 Å². The maximum Gasteiger partial charge on any atom is 0.306 e. The van der Waals surface area contributed by atoms with Gasteiger partial charge < -0.3 is 14.6 Å². The lowest BCUT2D eigenvalue weighted by molar-refractivity contribution is -0.145. The summed E-state index contributed by atoms with van der Waals surface area (Å²) in [5.41, 5.74) is 1.02. The van der Waals surface area contributed by atoms with Crippen molar-refractivity contribution in [3.8, 4) is 0 Å². The highest BCUT2D eigenvalue weighted by atomic mass is 16.5. The van der Waals surface area contributed by atoms with E-state index in [9.17, 15) is 9.90 Å². The van der Waals surface area contributed by atoms with Gasteiger partial charge in [0, 0.05) is 13.2 Å². The normalized spacial score (nSPS) is 12.8. The summed E-state index contributed by atoms with van der Waals surface area (Å²) in [6.07, 6.45) is 42.2. The maximum absolute atomic E-state index is 11.8. The van der Waals surface area contributed by atoms with E-state index < -0.39 is 12.1 Å². The van der Waals surface area contributed by atoms with Crippen LogP contribution in [0.25, 0.3) is 0 Å². The molecule has 0 saturated carbocycles. The largest absolute Gasteiger partial charge is 0.481 e. The molecular weight excluding hydrogens is 617 g/mol. The van der Waals surface area contributed by atoms with E-state index in [1.165, 1.54) is 186 Å². The summed E-state index contributed by atoms with van der Waals surface area (Å²) in [5.74, 6) is -0.825. The van der Waals surface area contributed by atoms with Crippen molar-refractivity contribution in [2.24, 2.45) is 0 Å². The molecule has 2 atom stereocenters. The lowest BCUT2D eigenvalue weighted by Gasteiger charge is -2.27. The molecule has 1 N–H and O–H groups in total. The maximum atomic E-state index is 11.8. The Morgan fingerprint density at radius 3 is 1.08 bits per heavy atom. The van der Waals surface area contributed by atoms with Crippen molar-refractivity contribution in [1.29, 1.82) is 0 Å². The first-order valence-corrected chi connectivity index (χ1v) is 22.2. The fraction of sp³-hybridized carbons (Fsp3) is 0.848. The van der Waals surface area contributed by atoms with Crippen molar-refractivity contribution in [3.05, 3.63) is 35.9 Å². The van der Waals surface area contributed by atoms with Crippen LogP contribution in [0, 0.1) is 0 Å². The van der Waals surface area contributed by atoms with Gasteiger partial charge >= 0.3 is 5.97 Å². The summed E-state index contributed by atoms with van der Waals surface area (Å²) in [7, 11) is 0. The Labute approximate surface area is 311 Å². The van der Waals surface area contributed by atoms with Gasteiger partial charge in [-0.2, -0.15) is 0 Å². The minimum Gasteiger partial charge on any atom is -0.481 e. The third-order valence-corrected chi connectivity index (χ3v) is 10.5. The second-order valence-electron chi connectivity index (χ2n) is 15.3. The summed E-state index contributed by atoms with van der Waals surface area (Å²) >= 11 is 0. The molecule has 0 aliphatic rings. The van der Waals surface area contributed by atoms with Crippen molar-refractivity contribution < 1.29 is 19.4 Å². The van der Waals surface area contributed by atoms with Crippen molar-refractivity contribution in [2.75, 3.05) is 13.2 Å². The van der Waals surface area contributed by atoms with Crippen LogP contribution in [-0.4, -0.2) is 30.4 Å².